The van der Waals surface area contributed by atoms with Gasteiger partial charge < -0.3 is 0 Å². The maximum absolute atomic E-state index is 12.2. The van der Waals surface area contributed by atoms with Crippen LogP contribution in [0.2, 0.25) is 0 Å². The first kappa shape index (κ1) is 15.5. The Labute approximate surface area is 139 Å². The highest BCUT2D eigenvalue weighted by Crippen LogP contribution is 2.08. The Morgan fingerprint density at radius 3 is 2.46 bits per heavy atom. The Balaban J connectivity index is 1.71. The van der Waals surface area contributed by atoms with E-state index in [0.29, 0.717) is 5.56 Å². The lowest BCUT2D eigenvalue weighted by Crippen LogP contribution is -2.20. The number of hydrogen-bond acceptors (Lipinski definition) is 5. The van der Waals surface area contributed by atoms with Crippen molar-refractivity contribution in [2.75, 3.05) is 0 Å². The second-order valence-corrected chi connectivity index (χ2v) is 5.02. The molecule has 0 saturated heterocycles. The van der Waals surface area contributed by atoms with E-state index in [9.17, 15) is 4.79 Å². The summed E-state index contributed by atoms with van der Waals surface area (Å²) in [4.78, 5) is 12.2. The number of nitrogens with one attached hydrogen (secondary N) is 1. The average molecular weight is 320 g/mol. The van der Waals surface area contributed by atoms with Crippen LogP contribution in [0.3, 0.4) is 0 Å². The highest BCUT2D eigenvalue weighted by atomic mass is 16.2. The van der Waals surface area contributed by atoms with Crippen LogP contribution in [0.25, 0.3) is 5.69 Å². The predicted molar refractivity (Wildman–Crippen MR) is 89.9 cm³/mol. The van der Waals surface area contributed by atoms with Crippen LogP contribution in [-0.4, -0.2) is 31.8 Å². The number of hydrazone groups is 1. The van der Waals surface area contributed by atoms with Gasteiger partial charge in [0.1, 0.15) is 6.33 Å². The fourth-order valence-corrected chi connectivity index (χ4v) is 2.21. The quantitative estimate of drug-likeness (QED) is 0.577. The lowest BCUT2D eigenvalue weighted by Gasteiger charge is -2.06. The number of carbonyl (C=O) groups is 1. The third kappa shape index (κ3) is 3.52. The van der Waals surface area contributed by atoms with Gasteiger partial charge in [0.05, 0.1) is 11.4 Å². The summed E-state index contributed by atoms with van der Waals surface area (Å²) in [6.07, 6.45) is 2.22. The molecule has 0 saturated carbocycles. The van der Waals surface area contributed by atoms with Crippen LogP contribution in [0.1, 0.15) is 29.3 Å². The number of benzene rings is 2. The second-order valence-electron chi connectivity index (χ2n) is 5.02. The van der Waals surface area contributed by atoms with Crippen molar-refractivity contribution in [3.63, 3.8) is 0 Å². The van der Waals surface area contributed by atoms with E-state index in [1.807, 2.05) is 37.3 Å². The number of tetrazole rings is 1. The van der Waals surface area contributed by atoms with Crippen molar-refractivity contribution in [2.45, 2.75) is 13.3 Å². The van der Waals surface area contributed by atoms with Crippen LogP contribution < -0.4 is 5.43 Å². The molecular weight excluding hydrogens is 304 g/mol. The van der Waals surface area contributed by atoms with Gasteiger partial charge in [0.15, 0.2) is 0 Å². The van der Waals surface area contributed by atoms with Gasteiger partial charge in [0, 0.05) is 5.56 Å². The number of aromatic nitrogens is 4. The predicted octanol–water partition coefficient (Wildman–Crippen LogP) is 2.21. The summed E-state index contributed by atoms with van der Waals surface area (Å²) in [5.74, 6) is -0.264. The molecule has 0 radical (unpaired) electrons. The van der Waals surface area contributed by atoms with Crippen molar-refractivity contribution in [1.29, 1.82) is 0 Å². The van der Waals surface area contributed by atoms with Gasteiger partial charge >= 0.3 is 0 Å². The summed E-state index contributed by atoms with van der Waals surface area (Å²) in [5.41, 5.74) is 5.72. The number of amides is 1. The molecule has 2 aromatic carbocycles. The summed E-state index contributed by atoms with van der Waals surface area (Å²) in [6, 6.07) is 16.7. The first-order chi connectivity index (χ1) is 11.8. The van der Waals surface area contributed by atoms with Crippen molar-refractivity contribution in [2.24, 2.45) is 5.10 Å². The minimum absolute atomic E-state index is 0.264. The standard InChI is InChI=1S/C17H16N6O/c1-2-16(13-6-4-3-5-7-13)19-20-17(24)14-8-10-15(11-9-14)23-12-18-21-22-23/h3-12H,2H2,1H3,(H,20,24). The summed E-state index contributed by atoms with van der Waals surface area (Å²) in [7, 11) is 0. The molecule has 0 aliphatic heterocycles. The normalized spacial score (nSPS) is 11.3. The first-order valence-electron chi connectivity index (χ1n) is 7.53. The van der Waals surface area contributed by atoms with Crippen molar-refractivity contribution >= 4 is 11.6 Å². The van der Waals surface area contributed by atoms with E-state index in [1.54, 1.807) is 24.3 Å². The van der Waals surface area contributed by atoms with E-state index in [0.717, 1.165) is 23.4 Å². The topological polar surface area (TPSA) is 85.1 Å². The molecular formula is C17H16N6O. The van der Waals surface area contributed by atoms with Crippen LogP contribution in [0.4, 0.5) is 0 Å². The fraction of sp³-hybridized carbons (Fsp3) is 0.118. The van der Waals surface area contributed by atoms with Gasteiger partial charge in [-0.2, -0.15) is 5.10 Å². The molecule has 0 fully saturated rings. The van der Waals surface area contributed by atoms with Gasteiger partial charge in [-0.3, -0.25) is 4.79 Å². The SMILES string of the molecule is CCC(=NNC(=O)c1ccc(-n2cnnn2)cc1)c1ccccc1. The lowest BCUT2D eigenvalue weighted by molar-refractivity contribution is 0.0955. The summed E-state index contributed by atoms with van der Waals surface area (Å²) >= 11 is 0. The molecule has 1 N–H and O–H groups in total. The van der Waals surface area contributed by atoms with E-state index in [1.165, 1.54) is 11.0 Å². The van der Waals surface area contributed by atoms with Crippen molar-refractivity contribution in [1.82, 2.24) is 25.6 Å². The molecule has 3 aromatic rings. The number of hydrogen-bond donors (Lipinski definition) is 1. The third-order valence-electron chi connectivity index (χ3n) is 3.48. The molecule has 0 aliphatic rings. The Morgan fingerprint density at radius 2 is 1.83 bits per heavy atom. The Hall–Kier alpha value is -3.35. The molecule has 0 spiro atoms. The highest BCUT2D eigenvalue weighted by Gasteiger charge is 2.07. The molecule has 1 heterocycles. The Bertz CT molecular complexity index is 825. The zero-order valence-electron chi connectivity index (χ0n) is 13.1. The molecule has 0 bridgehead atoms. The van der Waals surface area contributed by atoms with E-state index < -0.39 is 0 Å². The van der Waals surface area contributed by atoms with Crippen LogP contribution in [0.5, 0.6) is 0 Å². The Kier molecular flexibility index (Phi) is 4.71. The molecule has 0 unspecified atom stereocenters. The lowest BCUT2D eigenvalue weighted by atomic mass is 10.1. The number of rotatable bonds is 5. The van der Waals surface area contributed by atoms with Gasteiger partial charge in [-0.1, -0.05) is 37.3 Å². The maximum Gasteiger partial charge on any atom is 0.271 e. The Morgan fingerprint density at radius 1 is 1.08 bits per heavy atom. The van der Waals surface area contributed by atoms with Crippen LogP contribution in [0.15, 0.2) is 66.0 Å². The van der Waals surface area contributed by atoms with Gasteiger partial charge in [0.2, 0.25) is 0 Å². The summed E-state index contributed by atoms with van der Waals surface area (Å²) < 4.78 is 1.52. The van der Waals surface area contributed by atoms with Gasteiger partial charge in [-0.15, -0.1) is 5.10 Å². The van der Waals surface area contributed by atoms with E-state index in [2.05, 4.69) is 26.1 Å². The monoisotopic (exact) mass is 320 g/mol. The molecule has 120 valence electrons. The number of nitrogens with zero attached hydrogens (tertiary/aromatic N) is 5. The molecule has 1 aromatic heterocycles. The summed E-state index contributed by atoms with van der Waals surface area (Å²) in [6.45, 7) is 2.00. The zero-order valence-corrected chi connectivity index (χ0v) is 13.1. The molecule has 3 rings (SSSR count). The smallest absolute Gasteiger partial charge is 0.267 e. The molecule has 7 nitrogen and oxygen atoms in total. The first-order valence-corrected chi connectivity index (χ1v) is 7.53. The van der Waals surface area contributed by atoms with Gasteiger partial charge in [-0.25, -0.2) is 10.1 Å². The largest absolute Gasteiger partial charge is 0.271 e. The molecule has 1 amide bonds. The van der Waals surface area contributed by atoms with E-state index in [4.69, 9.17) is 0 Å². The minimum atomic E-state index is -0.264. The van der Waals surface area contributed by atoms with Crippen LogP contribution in [0, 0.1) is 0 Å². The molecule has 0 atom stereocenters. The third-order valence-corrected chi connectivity index (χ3v) is 3.48. The maximum atomic E-state index is 12.2. The van der Waals surface area contributed by atoms with Crippen LogP contribution >= 0.6 is 0 Å². The van der Waals surface area contributed by atoms with Crippen molar-refractivity contribution in [3.05, 3.63) is 72.1 Å². The zero-order chi connectivity index (χ0) is 16.8. The van der Waals surface area contributed by atoms with E-state index >= 15 is 0 Å². The molecule has 24 heavy (non-hydrogen) atoms. The molecule has 7 heteroatoms. The number of carbonyl (C=O) groups excluding carboxylic acids is 1. The van der Waals surface area contributed by atoms with Crippen molar-refractivity contribution < 1.29 is 4.79 Å². The fourth-order valence-electron chi connectivity index (χ4n) is 2.21. The molecule has 0 aliphatic carbocycles. The average Bonchev–Trinajstić information content (AvgIpc) is 3.18. The minimum Gasteiger partial charge on any atom is -0.267 e. The van der Waals surface area contributed by atoms with Crippen LogP contribution in [-0.2, 0) is 0 Å². The second kappa shape index (κ2) is 7.28. The van der Waals surface area contributed by atoms with Gasteiger partial charge in [0.25, 0.3) is 5.91 Å². The highest BCUT2D eigenvalue weighted by molar-refractivity contribution is 6.02. The van der Waals surface area contributed by atoms with Gasteiger partial charge in [-0.05, 0) is 46.7 Å². The van der Waals surface area contributed by atoms with E-state index in [-0.39, 0.29) is 5.91 Å². The summed E-state index contributed by atoms with van der Waals surface area (Å²) in [5, 5.41) is 15.2. The van der Waals surface area contributed by atoms with Crippen molar-refractivity contribution in [3.8, 4) is 5.69 Å².